The molecule has 0 radical (unpaired) electrons. The van der Waals surface area contributed by atoms with Crippen LogP contribution in [0, 0.1) is 5.92 Å². The summed E-state index contributed by atoms with van der Waals surface area (Å²) in [5.74, 6) is 0.899. The third kappa shape index (κ3) is 4.04. The Bertz CT molecular complexity index is 391. The molecule has 0 saturated heterocycles. The van der Waals surface area contributed by atoms with Crippen LogP contribution in [-0.4, -0.2) is 25.6 Å². The van der Waals surface area contributed by atoms with Crippen molar-refractivity contribution in [2.45, 2.75) is 26.3 Å². The molecule has 1 rings (SSSR count). The Hall–Kier alpha value is -1.55. The normalized spacial score (nSPS) is 12.3. The second-order valence-corrected chi connectivity index (χ2v) is 4.62. The third-order valence-corrected chi connectivity index (χ3v) is 2.91. The molecule has 0 fully saturated rings. The van der Waals surface area contributed by atoms with Gasteiger partial charge in [-0.3, -0.25) is 4.79 Å². The standard InChI is InChI=1S/C14H22N2O2/c1-10(2)13(15)14(17)16-9-8-11-6-4-5-7-12(11)18-3/h4-7,10,13H,8-9,15H2,1-3H3,(H,16,17)/t13-/m0/s1. The molecule has 4 heteroatoms. The molecule has 0 saturated carbocycles. The van der Waals surface area contributed by atoms with Crippen molar-refractivity contribution in [3.63, 3.8) is 0 Å². The quantitative estimate of drug-likeness (QED) is 0.800. The average molecular weight is 250 g/mol. The monoisotopic (exact) mass is 250 g/mol. The van der Waals surface area contributed by atoms with Gasteiger partial charge in [0.1, 0.15) is 5.75 Å². The molecule has 0 aliphatic rings. The summed E-state index contributed by atoms with van der Waals surface area (Å²) < 4.78 is 5.25. The lowest BCUT2D eigenvalue weighted by atomic mass is 10.0. The predicted molar refractivity (Wildman–Crippen MR) is 72.5 cm³/mol. The van der Waals surface area contributed by atoms with E-state index in [-0.39, 0.29) is 11.8 Å². The first-order valence-corrected chi connectivity index (χ1v) is 6.21. The van der Waals surface area contributed by atoms with Crippen LogP contribution < -0.4 is 15.8 Å². The van der Waals surface area contributed by atoms with Crippen molar-refractivity contribution in [3.8, 4) is 5.75 Å². The Balaban J connectivity index is 2.44. The second kappa shape index (κ2) is 7.01. The summed E-state index contributed by atoms with van der Waals surface area (Å²) in [5.41, 5.74) is 6.84. The van der Waals surface area contributed by atoms with Gasteiger partial charge in [-0.2, -0.15) is 0 Å². The zero-order valence-corrected chi connectivity index (χ0v) is 11.3. The fourth-order valence-electron chi connectivity index (χ4n) is 1.65. The lowest BCUT2D eigenvalue weighted by Gasteiger charge is -2.15. The van der Waals surface area contributed by atoms with Gasteiger partial charge in [0.2, 0.25) is 5.91 Å². The Labute approximate surface area is 109 Å². The number of rotatable bonds is 6. The van der Waals surface area contributed by atoms with Crippen LogP contribution >= 0.6 is 0 Å². The van der Waals surface area contributed by atoms with E-state index in [1.807, 2.05) is 38.1 Å². The fourth-order valence-corrected chi connectivity index (χ4v) is 1.65. The number of ether oxygens (including phenoxy) is 1. The number of carbonyl (C=O) groups excluding carboxylic acids is 1. The summed E-state index contributed by atoms with van der Waals surface area (Å²) in [4.78, 5) is 11.7. The lowest BCUT2D eigenvalue weighted by molar-refractivity contribution is -0.123. The summed E-state index contributed by atoms with van der Waals surface area (Å²) in [7, 11) is 1.64. The lowest BCUT2D eigenvalue weighted by Crippen LogP contribution is -2.44. The van der Waals surface area contributed by atoms with Crippen LogP contribution in [0.2, 0.25) is 0 Å². The van der Waals surface area contributed by atoms with Gasteiger partial charge in [0.05, 0.1) is 13.2 Å². The van der Waals surface area contributed by atoms with E-state index < -0.39 is 6.04 Å². The summed E-state index contributed by atoms with van der Waals surface area (Å²) in [6, 6.07) is 7.35. The van der Waals surface area contributed by atoms with Crippen LogP contribution in [0.5, 0.6) is 5.75 Å². The molecule has 0 spiro atoms. The van der Waals surface area contributed by atoms with Gasteiger partial charge >= 0.3 is 0 Å². The maximum Gasteiger partial charge on any atom is 0.237 e. The first-order valence-electron chi connectivity index (χ1n) is 6.21. The molecule has 0 aliphatic heterocycles. The van der Waals surface area contributed by atoms with Crippen molar-refractivity contribution in [1.29, 1.82) is 0 Å². The van der Waals surface area contributed by atoms with Crippen molar-refractivity contribution < 1.29 is 9.53 Å². The smallest absolute Gasteiger partial charge is 0.237 e. The Morgan fingerprint density at radius 1 is 1.39 bits per heavy atom. The van der Waals surface area contributed by atoms with Crippen molar-refractivity contribution >= 4 is 5.91 Å². The summed E-state index contributed by atoms with van der Waals surface area (Å²) in [6.45, 7) is 4.44. The fraction of sp³-hybridized carbons (Fsp3) is 0.500. The number of benzene rings is 1. The van der Waals surface area contributed by atoms with E-state index in [4.69, 9.17) is 10.5 Å². The van der Waals surface area contributed by atoms with Crippen LogP contribution in [0.25, 0.3) is 0 Å². The molecule has 0 bridgehead atoms. The van der Waals surface area contributed by atoms with Gasteiger partial charge in [-0.25, -0.2) is 0 Å². The number of nitrogens with one attached hydrogen (secondary N) is 1. The maximum absolute atomic E-state index is 11.7. The third-order valence-electron chi connectivity index (χ3n) is 2.91. The topological polar surface area (TPSA) is 64.3 Å². The van der Waals surface area contributed by atoms with Crippen LogP contribution in [-0.2, 0) is 11.2 Å². The highest BCUT2D eigenvalue weighted by Crippen LogP contribution is 2.17. The molecule has 18 heavy (non-hydrogen) atoms. The average Bonchev–Trinajstić information content (AvgIpc) is 2.38. The highest BCUT2D eigenvalue weighted by molar-refractivity contribution is 5.81. The number of methoxy groups -OCH3 is 1. The van der Waals surface area contributed by atoms with Crippen LogP contribution in [0.1, 0.15) is 19.4 Å². The van der Waals surface area contributed by atoms with E-state index in [9.17, 15) is 4.79 Å². The second-order valence-electron chi connectivity index (χ2n) is 4.62. The molecule has 100 valence electrons. The van der Waals surface area contributed by atoms with E-state index in [1.54, 1.807) is 7.11 Å². The minimum atomic E-state index is -0.442. The summed E-state index contributed by atoms with van der Waals surface area (Å²) in [5, 5.41) is 2.84. The van der Waals surface area contributed by atoms with Gasteiger partial charge in [-0.05, 0) is 24.0 Å². The van der Waals surface area contributed by atoms with Crippen molar-refractivity contribution in [2.75, 3.05) is 13.7 Å². The van der Waals surface area contributed by atoms with E-state index in [0.717, 1.165) is 17.7 Å². The van der Waals surface area contributed by atoms with Gasteiger partial charge in [0.15, 0.2) is 0 Å². The van der Waals surface area contributed by atoms with Gasteiger partial charge in [-0.15, -0.1) is 0 Å². The van der Waals surface area contributed by atoms with Gasteiger partial charge in [0.25, 0.3) is 0 Å². The first-order chi connectivity index (χ1) is 8.56. The van der Waals surface area contributed by atoms with E-state index in [2.05, 4.69) is 5.32 Å². The van der Waals surface area contributed by atoms with Crippen LogP contribution in [0.4, 0.5) is 0 Å². The van der Waals surface area contributed by atoms with E-state index in [1.165, 1.54) is 0 Å². The number of para-hydroxylation sites is 1. The number of amides is 1. The summed E-state index contributed by atoms with van der Waals surface area (Å²) in [6.07, 6.45) is 0.737. The van der Waals surface area contributed by atoms with Crippen LogP contribution in [0.3, 0.4) is 0 Å². The van der Waals surface area contributed by atoms with Crippen molar-refractivity contribution in [1.82, 2.24) is 5.32 Å². The number of hydrogen-bond donors (Lipinski definition) is 2. The molecule has 0 aliphatic carbocycles. The number of carbonyl (C=O) groups is 1. The van der Waals surface area contributed by atoms with Crippen molar-refractivity contribution in [3.05, 3.63) is 29.8 Å². The SMILES string of the molecule is COc1ccccc1CCNC(=O)[C@@H](N)C(C)C. The zero-order valence-electron chi connectivity index (χ0n) is 11.3. The molecule has 0 aromatic heterocycles. The molecule has 4 nitrogen and oxygen atoms in total. The molecular formula is C14H22N2O2. The largest absolute Gasteiger partial charge is 0.496 e. The Morgan fingerprint density at radius 2 is 2.06 bits per heavy atom. The Kier molecular flexibility index (Phi) is 5.65. The van der Waals surface area contributed by atoms with Crippen LogP contribution in [0.15, 0.2) is 24.3 Å². The molecule has 0 unspecified atom stereocenters. The van der Waals surface area contributed by atoms with E-state index in [0.29, 0.717) is 6.54 Å². The predicted octanol–water partition coefficient (Wildman–Crippen LogP) is 1.34. The van der Waals surface area contributed by atoms with Gasteiger partial charge in [-0.1, -0.05) is 32.0 Å². The molecule has 1 aromatic carbocycles. The molecule has 1 atom stereocenters. The van der Waals surface area contributed by atoms with E-state index >= 15 is 0 Å². The summed E-state index contributed by atoms with van der Waals surface area (Å²) >= 11 is 0. The minimum absolute atomic E-state index is 0.0973. The molecule has 3 N–H and O–H groups in total. The minimum Gasteiger partial charge on any atom is -0.496 e. The zero-order chi connectivity index (χ0) is 13.5. The maximum atomic E-state index is 11.7. The molecule has 0 heterocycles. The number of nitrogens with two attached hydrogens (primary N) is 1. The molecule has 1 aromatic rings. The first kappa shape index (κ1) is 14.5. The van der Waals surface area contributed by atoms with Gasteiger partial charge in [0, 0.05) is 6.54 Å². The highest BCUT2D eigenvalue weighted by Gasteiger charge is 2.16. The number of hydrogen-bond acceptors (Lipinski definition) is 3. The van der Waals surface area contributed by atoms with Crippen molar-refractivity contribution in [2.24, 2.45) is 11.7 Å². The Morgan fingerprint density at radius 3 is 2.67 bits per heavy atom. The molecule has 1 amide bonds. The molecular weight excluding hydrogens is 228 g/mol. The highest BCUT2D eigenvalue weighted by atomic mass is 16.5. The van der Waals surface area contributed by atoms with Gasteiger partial charge < -0.3 is 15.8 Å².